The Balaban J connectivity index is 1.38. The van der Waals surface area contributed by atoms with Gasteiger partial charge >= 0.3 is 0 Å². The van der Waals surface area contributed by atoms with E-state index in [-0.39, 0.29) is 18.5 Å². The van der Waals surface area contributed by atoms with Gasteiger partial charge in [0.1, 0.15) is 23.0 Å². The Labute approximate surface area is 183 Å². The average Bonchev–Trinajstić information content (AvgIpc) is 3.59. The van der Waals surface area contributed by atoms with Crippen LogP contribution in [-0.4, -0.2) is 28.1 Å². The van der Waals surface area contributed by atoms with Gasteiger partial charge in [-0.25, -0.2) is 5.01 Å². The maximum atomic E-state index is 13.4. The summed E-state index contributed by atoms with van der Waals surface area (Å²) in [4.78, 5) is 16.5. The van der Waals surface area contributed by atoms with Crippen LogP contribution in [0.25, 0.3) is 0 Å². The SMILES string of the molecule is O=C(CN(Cc1ccco1)Cc1ccco1)N1N=C(c2ccco2)CC1c1cccs1. The zero-order chi connectivity index (χ0) is 21.0. The van der Waals surface area contributed by atoms with E-state index in [9.17, 15) is 4.79 Å². The highest BCUT2D eigenvalue weighted by Crippen LogP contribution is 2.35. The highest BCUT2D eigenvalue weighted by atomic mass is 32.1. The molecule has 0 aliphatic carbocycles. The summed E-state index contributed by atoms with van der Waals surface area (Å²) in [6.07, 6.45) is 5.51. The maximum Gasteiger partial charge on any atom is 0.257 e. The molecule has 1 unspecified atom stereocenters. The number of carbonyl (C=O) groups excluding carboxylic acids is 1. The van der Waals surface area contributed by atoms with Gasteiger partial charge < -0.3 is 13.3 Å². The zero-order valence-corrected chi connectivity index (χ0v) is 17.5. The molecule has 4 aromatic rings. The van der Waals surface area contributed by atoms with E-state index in [1.165, 1.54) is 0 Å². The monoisotopic (exact) mass is 435 g/mol. The van der Waals surface area contributed by atoms with Crippen LogP contribution in [0.3, 0.4) is 0 Å². The molecule has 8 heteroatoms. The van der Waals surface area contributed by atoms with E-state index in [0.717, 1.165) is 22.1 Å². The fourth-order valence-corrected chi connectivity index (χ4v) is 4.52. The van der Waals surface area contributed by atoms with E-state index in [0.29, 0.717) is 25.3 Å². The quantitative estimate of drug-likeness (QED) is 0.393. The molecule has 0 bridgehead atoms. The van der Waals surface area contributed by atoms with Crippen molar-refractivity contribution >= 4 is 23.0 Å². The van der Waals surface area contributed by atoms with Crippen molar-refractivity contribution in [3.05, 3.63) is 94.9 Å². The molecule has 0 radical (unpaired) electrons. The summed E-state index contributed by atoms with van der Waals surface area (Å²) in [6.45, 7) is 1.16. The summed E-state index contributed by atoms with van der Waals surface area (Å²) in [5.41, 5.74) is 0.778. The third-order valence-corrected chi connectivity index (χ3v) is 6.09. The summed E-state index contributed by atoms with van der Waals surface area (Å²) in [6, 6.07) is 15.1. The first-order chi connectivity index (χ1) is 15.3. The van der Waals surface area contributed by atoms with Gasteiger partial charge in [-0.3, -0.25) is 9.69 Å². The van der Waals surface area contributed by atoms with Crippen LogP contribution < -0.4 is 0 Å². The molecule has 4 aromatic heterocycles. The van der Waals surface area contributed by atoms with Crippen LogP contribution in [0.2, 0.25) is 0 Å². The number of amides is 1. The standard InChI is InChI=1S/C23H21N3O4S/c27-23(16-25(14-17-5-1-9-28-17)15-18-6-2-10-29-18)26-20(22-8-4-12-31-22)13-19(24-26)21-7-3-11-30-21/h1-12,20H,13-16H2. The minimum Gasteiger partial charge on any atom is -0.468 e. The van der Waals surface area contributed by atoms with Crippen LogP contribution >= 0.6 is 11.3 Å². The number of carbonyl (C=O) groups is 1. The van der Waals surface area contributed by atoms with Gasteiger partial charge in [0.25, 0.3) is 5.91 Å². The highest BCUT2D eigenvalue weighted by molar-refractivity contribution is 7.10. The predicted molar refractivity (Wildman–Crippen MR) is 115 cm³/mol. The molecule has 5 rings (SSSR count). The Morgan fingerprint density at radius 2 is 1.71 bits per heavy atom. The lowest BCUT2D eigenvalue weighted by atomic mass is 10.1. The second kappa shape index (κ2) is 8.79. The fraction of sp³-hybridized carbons (Fsp3) is 0.217. The molecular weight excluding hydrogens is 414 g/mol. The van der Waals surface area contributed by atoms with Crippen molar-refractivity contribution in [2.45, 2.75) is 25.6 Å². The second-order valence-electron chi connectivity index (χ2n) is 7.30. The summed E-state index contributed by atoms with van der Waals surface area (Å²) in [5, 5.41) is 8.27. The molecule has 5 heterocycles. The first kappa shape index (κ1) is 19.6. The number of nitrogens with zero attached hydrogens (tertiary/aromatic N) is 3. The van der Waals surface area contributed by atoms with Crippen LogP contribution in [-0.2, 0) is 17.9 Å². The molecule has 0 aromatic carbocycles. The van der Waals surface area contributed by atoms with E-state index in [2.05, 4.69) is 5.10 Å². The molecule has 0 saturated carbocycles. The van der Waals surface area contributed by atoms with E-state index < -0.39 is 0 Å². The molecule has 1 atom stereocenters. The molecule has 0 fully saturated rings. The number of furan rings is 3. The summed E-state index contributed by atoms with van der Waals surface area (Å²) in [5.74, 6) is 2.18. The minimum absolute atomic E-state index is 0.0851. The van der Waals surface area contributed by atoms with Crippen molar-refractivity contribution in [3.63, 3.8) is 0 Å². The molecular formula is C23H21N3O4S. The van der Waals surface area contributed by atoms with Crippen molar-refractivity contribution in [3.8, 4) is 0 Å². The van der Waals surface area contributed by atoms with Gasteiger partial charge in [-0.1, -0.05) is 6.07 Å². The Kier molecular flexibility index (Phi) is 5.56. The average molecular weight is 436 g/mol. The first-order valence-corrected chi connectivity index (χ1v) is 10.9. The number of hydrogen-bond donors (Lipinski definition) is 0. The molecule has 0 saturated heterocycles. The Hall–Kier alpha value is -3.36. The van der Waals surface area contributed by atoms with Crippen LogP contribution in [0.4, 0.5) is 0 Å². The Morgan fingerprint density at radius 3 is 2.29 bits per heavy atom. The van der Waals surface area contributed by atoms with Gasteiger partial charge in [0.2, 0.25) is 0 Å². The third kappa shape index (κ3) is 4.40. The van der Waals surface area contributed by atoms with Gasteiger partial charge in [-0.15, -0.1) is 11.3 Å². The molecule has 158 valence electrons. The third-order valence-electron chi connectivity index (χ3n) is 5.12. The molecule has 0 spiro atoms. The van der Waals surface area contributed by atoms with Crippen molar-refractivity contribution in [2.24, 2.45) is 5.10 Å². The van der Waals surface area contributed by atoms with Crippen LogP contribution in [0, 0.1) is 0 Å². The Morgan fingerprint density at radius 1 is 1.00 bits per heavy atom. The van der Waals surface area contributed by atoms with Gasteiger partial charge in [-0.2, -0.15) is 5.10 Å². The van der Waals surface area contributed by atoms with Gasteiger partial charge in [0.05, 0.1) is 44.5 Å². The predicted octanol–water partition coefficient (Wildman–Crippen LogP) is 4.91. The minimum atomic E-state index is -0.137. The summed E-state index contributed by atoms with van der Waals surface area (Å²) < 4.78 is 16.5. The number of hydrazone groups is 1. The van der Waals surface area contributed by atoms with Crippen molar-refractivity contribution in [2.75, 3.05) is 6.54 Å². The van der Waals surface area contributed by atoms with Crippen molar-refractivity contribution in [1.82, 2.24) is 9.91 Å². The first-order valence-electron chi connectivity index (χ1n) is 10.0. The van der Waals surface area contributed by atoms with Gasteiger partial charge in [0.15, 0.2) is 0 Å². The molecule has 7 nitrogen and oxygen atoms in total. The Bertz CT molecular complexity index is 1080. The summed E-state index contributed by atoms with van der Waals surface area (Å²) >= 11 is 1.63. The molecule has 1 aliphatic rings. The fourth-order valence-electron chi connectivity index (χ4n) is 3.71. The topological polar surface area (TPSA) is 75.3 Å². The van der Waals surface area contributed by atoms with Crippen molar-refractivity contribution in [1.29, 1.82) is 0 Å². The van der Waals surface area contributed by atoms with Crippen LogP contribution in [0.15, 0.2) is 91.1 Å². The normalized spacial score (nSPS) is 16.2. The van der Waals surface area contributed by atoms with Gasteiger partial charge in [-0.05, 0) is 47.8 Å². The number of thiophene rings is 1. The maximum absolute atomic E-state index is 13.4. The van der Waals surface area contributed by atoms with E-state index in [1.807, 2.05) is 58.8 Å². The van der Waals surface area contributed by atoms with E-state index in [1.54, 1.807) is 35.1 Å². The lowest BCUT2D eigenvalue weighted by molar-refractivity contribution is -0.134. The number of rotatable bonds is 8. The van der Waals surface area contributed by atoms with Crippen LogP contribution in [0.5, 0.6) is 0 Å². The second-order valence-corrected chi connectivity index (χ2v) is 8.28. The van der Waals surface area contributed by atoms with Crippen LogP contribution in [0.1, 0.15) is 34.6 Å². The van der Waals surface area contributed by atoms with E-state index in [4.69, 9.17) is 13.3 Å². The van der Waals surface area contributed by atoms with Crippen molar-refractivity contribution < 1.29 is 18.0 Å². The molecule has 0 N–H and O–H groups in total. The summed E-state index contributed by atoms with van der Waals surface area (Å²) in [7, 11) is 0. The highest BCUT2D eigenvalue weighted by Gasteiger charge is 2.35. The molecule has 31 heavy (non-hydrogen) atoms. The lowest BCUT2D eigenvalue weighted by Crippen LogP contribution is -2.37. The largest absolute Gasteiger partial charge is 0.468 e. The molecule has 1 aliphatic heterocycles. The van der Waals surface area contributed by atoms with E-state index >= 15 is 0 Å². The number of hydrogen-bond acceptors (Lipinski definition) is 7. The molecule has 1 amide bonds. The smallest absolute Gasteiger partial charge is 0.257 e. The zero-order valence-electron chi connectivity index (χ0n) is 16.7. The lowest BCUT2D eigenvalue weighted by Gasteiger charge is -2.25. The van der Waals surface area contributed by atoms with Gasteiger partial charge in [0, 0.05) is 11.3 Å².